The minimum absolute atomic E-state index is 0.134. The molecule has 20 heavy (non-hydrogen) atoms. The number of carbonyl (C=O) groups is 2. The van der Waals surface area contributed by atoms with E-state index in [2.05, 4.69) is 0 Å². The summed E-state index contributed by atoms with van der Waals surface area (Å²) in [5.41, 5.74) is 1.75. The number of nitrogens with zero attached hydrogens (tertiary/aromatic N) is 2. The summed E-state index contributed by atoms with van der Waals surface area (Å²) in [6.45, 7) is 2.91. The molecule has 1 unspecified atom stereocenters. The van der Waals surface area contributed by atoms with Crippen LogP contribution in [0.1, 0.15) is 18.9 Å². The van der Waals surface area contributed by atoms with Gasteiger partial charge >= 0.3 is 12.0 Å². The van der Waals surface area contributed by atoms with Crippen LogP contribution >= 0.6 is 0 Å². The SMILES string of the molecule is CCCN(C)C(=O)N1CC(C(=O)O)Cc2ccccc21. The Morgan fingerprint density at radius 3 is 2.75 bits per heavy atom. The lowest BCUT2D eigenvalue weighted by Gasteiger charge is -2.35. The number of fused-ring (bicyclic) bond motifs is 1. The van der Waals surface area contributed by atoms with Crippen LogP contribution < -0.4 is 4.90 Å². The fraction of sp³-hybridized carbons (Fsp3) is 0.467. The number of aliphatic carboxylic acids is 1. The largest absolute Gasteiger partial charge is 0.481 e. The lowest BCUT2D eigenvalue weighted by molar-refractivity contribution is -0.141. The zero-order chi connectivity index (χ0) is 14.7. The van der Waals surface area contributed by atoms with Crippen LogP contribution in [0.5, 0.6) is 0 Å². The van der Waals surface area contributed by atoms with Gasteiger partial charge in [0.15, 0.2) is 0 Å². The van der Waals surface area contributed by atoms with Gasteiger partial charge in [0.1, 0.15) is 0 Å². The van der Waals surface area contributed by atoms with Gasteiger partial charge in [-0.2, -0.15) is 0 Å². The van der Waals surface area contributed by atoms with Crippen LogP contribution in [0.3, 0.4) is 0 Å². The highest BCUT2D eigenvalue weighted by Gasteiger charge is 2.33. The molecule has 0 radical (unpaired) electrons. The standard InChI is InChI=1S/C15H20N2O3/c1-3-8-16(2)15(20)17-10-12(14(18)19)9-11-6-4-5-7-13(11)17/h4-7,12H,3,8-10H2,1-2H3,(H,18,19). The summed E-state index contributed by atoms with van der Waals surface area (Å²) >= 11 is 0. The molecule has 1 aromatic rings. The molecule has 1 aliphatic heterocycles. The molecule has 0 saturated carbocycles. The molecule has 5 nitrogen and oxygen atoms in total. The van der Waals surface area contributed by atoms with Crippen molar-refractivity contribution in [2.75, 3.05) is 25.0 Å². The first kappa shape index (κ1) is 14.4. The monoisotopic (exact) mass is 276 g/mol. The molecule has 0 aromatic heterocycles. The molecule has 0 spiro atoms. The maximum atomic E-state index is 12.5. The van der Waals surface area contributed by atoms with Crippen molar-refractivity contribution in [3.05, 3.63) is 29.8 Å². The lowest BCUT2D eigenvalue weighted by Crippen LogP contribution is -2.48. The zero-order valence-corrected chi connectivity index (χ0v) is 11.9. The summed E-state index contributed by atoms with van der Waals surface area (Å²) in [5, 5.41) is 9.25. The molecular weight excluding hydrogens is 256 g/mol. The van der Waals surface area contributed by atoms with E-state index in [1.54, 1.807) is 16.8 Å². The Morgan fingerprint density at radius 2 is 2.10 bits per heavy atom. The van der Waals surface area contributed by atoms with Gasteiger partial charge in [-0.05, 0) is 24.5 Å². The van der Waals surface area contributed by atoms with Crippen molar-refractivity contribution in [2.24, 2.45) is 5.92 Å². The van der Waals surface area contributed by atoms with Crippen molar-refractivity contribution in [1.29, 1.82) is 0 Å². The Balaban J connectivity index is 2.31. The van der Waals surface area contributed by atoms with E-state index >= 15 is 0 Å². The number of amides is 2. The first-order chi connectivity index (χ1) is 9.54. The second-order valence-electron chi connectivity index (χ2n) is 5.18. The summed E-state index contributed by atoms with van der Waals surface area (Å²) < 4.78 is 0. The molecule has 2 amide bonds. The number of para-hydroxylation sites is 1. The number of anilines is 1. The summed E-state index contributed by atoms with van der Waals surface area (Å²) in [7, 11) is 1.75. The predicted octanol–water partition coefficient (Wildman–Crippen LogP) is 2.21. The van der Waals surface area contributed by atoms with Gasteiger partial charge < -0.3 is 10.0 Å². The number of rotatable bonds is 3. The Morgan fingerprint density at radius 1 is 1.40 bits per heavy atom. The van der Waals surface area contributed by atoms with E-state index in [9.17, 15) is 14.7 Å². The van der Waals surface area contributed by atoms with Crippen LogP contribution in [-0.2, 0) is 11.2 Å². The van der Waals surface area contributed by atoms with E-state index in [4.69, 9.17) is 0 Å². The lowest BCUT2D eigenvalue weighted by atomic mass is 9.93. The van der Waals surface area contributed by atoms with Gasteiger partial charge in [0.25, 0.3) is 0 Å². The molecule has 2 rings (SSSR count). The van der Waals surface area contributed by atoms with Crippen molar-refractivity contribution in [3.63, 3.8) is 0 Å². The molecule has 1 atom stereocenters. The third kappa shape index (κ3) is 2.76. The van der Waals surface area contributed by atoms with Gasteiger partial charge in [-0.1, -0.05) is 25.1 Å². The minimum Gasteiger partial charge on any atom is -0.481 e. The third-order valence-electron chi connectivity index (χ3n) is 3.62. The zero-order valence-electron chi connectivity index (χ0n) is 11.9. The van der Waals surface area contributed by atoms with Crippen LogP contribution in [0.4, 0.5) is 10.5 Å². The molecule has 5 heteroatoms. The molecule has 1 heterocycles. The first-order valence-corrected chi connectivity index (χ1v) is 6.88. The topological polar surface area (TPSA) is 60.9 Å². The molecule has 0 fully saturated rings. The van der Waals surface area contributed by atoms with Crippen LogP contribution in [0.15, 0.2) is 24.3 Å². The molecule has 0 saturated heterocycles. The highest BCUT2D eigenvalue weighted by Crippen LogP contribution is 2.30. The molecule has 0 bridgehead atoms. The highest BCUT2D eigenvalue weighted by atomic mass is 16.4. The van der Waals surface area contributed by atoms with Crippen molar-refractivity contribution in [3.8, 4) is 0 Å². The molecule has 1 N–H and O–H groups in total. The Labute approximate surface area is 118 Å². The summed E-state index contributed by atoms with van der Waals surface area (Å²) in [6.07, 6.45) is 1.35. The van der Waals surface area contributed by atoms with E-state index < -0.39 is 11.9 Å². The van der Waals surface area contributed by atoms with Crippen molar-refractivity contribution >= 4 is 17.7 Å². The average Bonchev–Trinajstić information content (AvgIpc) is 2.45. The van der Waals surface area contributed by atoms with Gasteiger partial charge in [0.2, 0.25) is 0 Å². The van der Waals surface area contributed by atoms with Crippen molar-refractivity contribution in [1.82, 2.24) is 4.90 Å². The first-order valence-electron chi connectivity index (χ1n) is 6.88. The van der Waals surface area contributed by atoms with Crippen LogP contribution in [-0.4, -0.2) is 42.1 Å². The second-order valence-corrected chi connectivity index (χ2v) is 5.18. The van der Waals surface area contributed by atoms with E-state index in [1.165, 1.54) is 0 Å². The summed E-state index contributed by atoms with van der Waals surface area (Å²) in [4.78, 5) is 27.0. The van der Waals surface area contributed by atoms with Crippen LogP contribution in [0, 0.1) is 5.92 Å². The van der Waals surface area contributed by atoms with Gasteiger partial charge in [-0.25, -0.2) is 4.79 Å². The van der Waals surface area contributed by atoms with Crippen molar-refractivity contribution < 1.29 is 14.7 Å². The molecule has 1 aliphatic rings. The van der Waals surface area contributed by atoms with E-state index in [-0.39, 0.29) is 12.6 Å². The Kier molecular flexibility index (Phi) is 4.27. The van der Waals surface area contributed by atoms with Gasteiger partial charge in [-0.3, -0.25) is 9.69 Å². The highest BCUT2D eigenvalue weighted by molar-refractivity contribution is 5.94. The number of hydrogen-bond acceptors (Lipinski definition) is 2. The third-order valence-corrected chi connectivity index (χ3v) is 3.62. The number of urea groups is 1. The number of hydrogen-bond donors (Lipinski definition) is 1. The van der Waals surface area contributed by atoms with E-state index in [1.807, 2.05) is 31.2 Å². The minimum atomic E-state index is -0.851. The Hall–Kier alpha value is -2.04. The fourth-order valence-corrected chi connectivity index (χ4v) is 2.58. The van der Waals surface area contributed by atoms with Gasteiger partial charge in [0.05, 0.1) is 5.92 Å². The normalized spacial score (nSPS) is 17.5. The van der Waals surface area contributed by atoms with Crippen LogP contribution in [0.25, 0.3) is 0 Å². The molecule has 1 aromatic carbocycles. The number of carboxylic acid groups (broad SMARTS) is 1. The van der Waals surface area contributed by atoms with Gasteiger partial charge in [-0.15, -0.1) is 0 Å². The van der Waals surface area contributed by atoms with Crippen LogP contribution in [0.2, 0.25) is 0 Å². The van der Waals surface area contributed by atoms with E-state index in [0.29, 0.717) is 13.0 Å². The number of benzene rings is 1. The molecule has 108 valence electrons. The average molecular weight is 276 g/mol. The molecular formula is C15H20N2O3. The van der Waals surface area contributed by atoms with Crippen molar-refractivity contribution in [2.45, 2.75) is 19.8 Å². The number of carbonyl (C=O) groups excluding carboxylic acids is 1. The van der Waals surface area contributed by atoms with E-state index in [0.717, 1.165) is 17.7 Å². The predicted molar refractivity (Wildman–Crippen MR) is 76.9 cm³/mol. The summed E-state index contributed by atoms with van der Waals surface area (Å²) in [5.74, 6) is -1.39. The quantitative estimate of drug-likeness (QED) is 0.920. The van der Waals surface area contributed by atoms with Gasteiger partial charge in [0, 0.05) is 25.8 Å². The maximum absolute atomic E-state index is 12.5. The summed E-state index contributed by atoms with van der Waals surface area (Å²) in [6, 6.07) is 7.39. The Bertz CT molecular complexity index is 516. The molecule has 0 aliphatic carbocycles. The number of carboxylic acids is 1. The second kappa shape index (κ2) is 5.94. The fourth-order valence-electron chi connectivity index (χ4n) is 2.58. The smallest absolute Gasteiger partial charge is 0.324 e. The maximum Gasteiger partial charge on any atom is 0.324 e.